The molecule has 2 bridgehead atoms. The molecule has 0 spiro atoms. The smallest absolute Gasteiger partial charge is 0.217 e. The van der Waals surface area contributed by atoms with Gasteiger partial charge in [-0.25, -0.2) is 0 Å². The number of aliphatic hydroxyl groups excluding tert-OH is 3. The van der Waals surface area contributed by atoms with Crippen LogP contribution < -0.4 is 5.32 Å². The maximum atomic E-state index is 10.9. The number of fused-ring (bicyclic) bond motifs is 2. The Kier molecular flexibility index (Phi) is 2.89. The predicted molar refractivity (Wildman–Crippen MR) is 50.3 cm³/mol. The molecule has 2 heterocycles. The van der Waals surface area contributed by atoms with Crippen LogP contribution in [0.15, 0.2) is 0 Å². The van der Waals surface area contributed by atoms with Crippen LogP contribution in [0.4, 0.5) is 0 Å². The zero-order chi connectivity index (χ0) is 11.9. The van der Waals surface area contributed by atoms with Crippen molar-refractivity contribution in [3.05, 3.63) is 0 Å². The van der Waals surface area contributed by atoms with Crippen molar-refractivity contribution in [1.29, 1.82) is 0 Å². The molecule has 0 radical (unpaired) electrons. The SMILES string of the molecule is CC(=O)NC1C2OCC(CO)(O2)C(O)C1O. The van der Waals surface area contributed by atoms with Gasteiger partial charge in [-0.15, -0.1) is 0 Å². The van der Waals surface area contributed by atoms with Gasteiger partial charge in [0.1, 0.15) is 23.9 Å². The Bertz CT molecular complexity index is 298. The summed E-state index contributed by atoms with van der Waals surface area (Å²) in [4.78, 5) is 10.9. The van der Waals surface area contributed by atoms with Gasteiger partial charge in [-0.2, -0.15) is 0 Å². The highest BCUT2D eigenvalue weighted by atomic mass is 16.7. The molecule has 0 aromatic carbocycles. The summed E-state index contributed by atoms with van der Waals surface area (Å²) < 4.78 is 10.5. The van der Waals surface area contributed by atoms with E-state index in [4.69, 9.17) is 14.6 Å². The Balaban J connectivity index is 2.19. The first-order chi connectivity index (χ1) is 7.50. The maximum Gasteiger partial charge on any atom is 0.217 e. The quantitative estimate of drug-likeness (QED) is 0.414. The molecular formula is C9H15NO6. The van der Waals surface area contributed by atoms with Gasteiger partial charge in [-0.1, -0.05) is 0 Å². The van der Waals surface area contributed by atoms with Crippen molar-refractivity contribution in [2.45, 2.75) is 37.1 Å². The van der Waals surface area contributed by atoms with Gasteiger partial charge in [0.2, 0.25) is 5.91 Å². The van der Waals surface area contributed by atoms with Gasteiger partial charge >= 0.3 is 0 Å². The number of aliphatic hydroxyl groups is 3. The summed E-state index contributed by atoms with van der Waals surface area (Å²) in [6.07, 6.45) is -3.36. The van der Waals surface area contributed by atoms with Crippen LogP contribution in [0.2, 0.25) is 0 Å². The third kappa shape index (κ3) is 1.61. The fourth-order valence-corrected chi connectivity index (χ4v) is 2.09. The fraction of sp³-hybridized carbons (Fsp3) is 0.889. The lowest BCUT2D eigenvalue weighted by Gasteiger charge is -2.41. The van der Waals surface area contributed by atoms with Crippen LogP contribution in [0, 0.1) is 0 Å². The number of hydrogen-bond acceptors (Lipinski definition) is 6. The second kappa shape index (κ2) is 3.94. The standard InChI is InChI=1S/C9H15NO6/c1-4(12)10-5-6(13)7(14)9(2-11)3-15-8(5)16-9/h5-8,11,13-14H,2-3H2,1H3,(H,10,12). The number of carbonyl (C=O) groups excluding carboxylic acids is 1. The van der Waals surface area contributed by atoms with Crippen LogP contribution in [-0.2, 0) is 14.3 Å². The average Bonchev–Trinajstić information content (AvgIpc) is 2.65. The molecule has 0 aromatic rings. The van der Waals surface area contributed by atoms with Crippen LogP contribution in [-0.4, -0.2) is 64.6 Å². The summed E-state index contributed by atoms with van der Waals surface area (Å²) >= 11 is 0. The third-order valence-corrected chi connectivity index (χ3v) is 3.00. The molecule has 2 saturated heterocycles. The molecule has 4 N–H and O–H groups in total. The zero-order valence-electron chi connectivity index (χ0n) is 8.79. The lowest BCUT2D eigenvalue weighted by atomic mass is 9.88. The molecule has 92 valence electrons. The second-order valence-corrected chi connectivity index (χ2v) is 4.18. The van der Waals surface area contributed by atoms with E-state index in [1.807, 2.05) is 0 Å². The number of nitrogens with one attached hydrogen (secondary N) is 1. The van der Waals surface area contributed by atoms with E-state index in [2.05, 4.69) is 5.32 Å². The first kappa shape index (κ1) is 11.7. The van der Waals surface area contributed by atoms with E-state index in [-0.39, 0.29) is 12.5 Å². The van der Waals surface area contributed by atoms with E-state index in [0.717, 1.165) is 0 Å². The minimum absolute atomic E-state index is 0.0114. The fourth-order valence-electron chi connectivity index (χ4n) is 2.09. The molecule has 5 unspecified atom stereocenters. The Morgan fingerprint density at radius 3 is 2.81 bits per heavy atom. The molecule has 2 fully saturated rings. The predicted octanol–water partition coefficient (Wildman–Crippen LogP) is -2.67. The van der Waals surface area contributed by atoms with Crippen molar-refractivity contribution in [3.8, 4) is 0 Å². The Morgan fingerprint density at radius 2 is 2.25 bits per heavy atom. The normalized spacial score (nSPS) is 46.8. The molecular weight excluding hydrogens is 218 g/mol. The molecule has 2 aliphatic heterocycles. The highest BCUT2D eigenvalue weighted by Gasteiger charge is 2.59. The number of hydrogen-bond donors (Lipinski definition) is 4. The summed E-state index contributed by atoms with van der Waals surface area (Å²) in [6, 6.07) is -0.824. The van der Waals surface area contributed by atoms with Gasteiger partial charge in [0.25, 0.3) is 0 Å². The zero-order valence-corrected chi connectivity index (χ0v) is 8.79. The molecule has 7 heteroatoms. The highest BCUT2D eigenvalue weighted by Crippen LogP contribution is 2.36. The van der Waals surface area contributed by atoms with E-state index < -0.39 is 36.7 Å². The lowest BCUT2D eigenvalue weighted by molar-refractivity contribution is -0.233. The molecule has 2 rings (SSSR count). The monoisotopic (exact) mass is 233 g/mol. The first-order valence-corrected chi connectivity index (χ1v) is 5.04. The molecule has 5 atom stereocenters. The Labute approximate surface area is 92.0 Å². The summed E-state index contributed by atoms with van der Waals surface area (Å²) in [5, 5.41) is 31.3. The van der Waals surface area contributed by atoms with Crippen LogP contribution >= 0.6 is 0 Å². The number of ether oxygens (including phenoxy) is 2. The van der Waals surface area contributed by atoms with Gasteiger partial charge < -0.3 is 30.1 Å². The van der Waals surface area contributed by atoms with Gasteiger partial charge in [0.15, 0.2) is 6.29 Å². The number of rotatable bonds is 2. The van der Waals surface area contributed by atoms with Gasteiger partial charge in [0.05, 0.1) is 13.2 Å². The van der Waals surface area contributed by atoms with Crippen LogP contribution in [0.5, 0.6) is 0 Å². The molecule has 1 amide bonds. The van der Waals surface area contributed by atoms with Crippen LogP contribution in [0.25, 0.3) is 0 Å². The van der Waals surface area contributed by atoms with Crippen molar-refractivity contribution in [3.63, 3.8) is 0 Å². The molecule has 16 heavy (non-hydrogen) atoms. The Hall–Kier alpha value is -0.730. The second-order valence-electron chi connectivity index (χ2n) is 4.18. The molecule has 7 nitrogen and oxygen atoms in total. The van der Waals surface area contributed by atoms with Crippen molar-refractivity contribution in [2.24, 2.45) is 0 Å². The van der Waals surface area contributed by atoms with Crippen molar-refractivity contribution >= 4 is 5.91 Å². The summed E-state index contributed by atoms with van der Waals surface area (Å²) in [7, 11) is 0. The molecule has 0 saturated carbocycles. The van der Waals surface area contributed by atoms with E-state index in [1.54, 1.807) is 0 Å². The van der Waals surface area contributed by atoms with Crippen molar-refractivity contribution < 1.29 is 29.6 Å². The Morgan fingerprint density at radius 1 is 1.56 bits per heavy atom. The molecule has 0 aliphatic carbocycles. The summed E-state index contributed by atoms with van der Waals surface area (Å²) in [6.45, 7) is 0.832. The maximum absolute atomic E-state index is 10.9. The molecule has 2 aliphatic rings. The van der Waals surface area contributed by atoms with Gasteiger partial charge in [0, 0.05) is 6.92 Å². The first-order valence-electron chi connectivity index (χ1n) is 5.04. The van der Waals surface area contributed by atoms with E-state index >= 15 is 0 Å². The van der Waals surface area contributed by atoms with Crippen molar-refractivity contribution in [2.75, 3.05) is 13.2 Å². The van der Waals surface area contributed by atoms with Gasteiger partial charge in [-0.05, 0) is 0 Å². The van der Waals surface area contributed by atoms with E-state index in [1.165, 1.54) is 6.92 Å². The lowest BCUT2D eigenvalue weighted by Crippen LogP contribution is -2.66. The van der Waals surface area contributed by atoms with Crippen LogP contribution in [0.3, 0.4) is 0 Å². The van der Waals surface area contributed by atoms with Crippen LogP contribution in [0.1, 0.15) is 6.92 Å². The molecule has 0 aromatic heterocycles. The largest absolute Gasteiger partial charge is 0.393 e. The summed E-state index contributed by atoms with van der Waals surface area (Å²) in [5.74, 6) is -0.355. The summed E-state index contributed by atoms with van der Waals surface area (Å²) in [5.41, 5.74) is -1.28. The third-order valence-electron chi connectivity index (χ3n) is 3.00. The van der Waals surface area contributed by atoms with Crippen molar-refractivity contribution in [1.82, 2.24) is 5.32 Å². The topological polar surface area (TPSA) is 108 Å². The number of amides is 1. The average molecular weight is 233 g/mol. The van der Waals surface area contributed by atoms with E-state index in [9.17, 15) is 15.0 Å². The number of carbonyl (C=O) groups is 1. The highest BCUT2D eigenvalue weighted by molar-refractivity contribution is 5.73. The minimum atomic E-state index is -1.30. The minimum Gasteiger partial charge on any atom is -0.393 e. The van der Waals surface area contributed by atoms with Gasteiger partial charge in [-0.3, -0.25) is 4.79 Å². The van der Waals surface area contributed by atoms with E-state index in [0.29, 0.717) is 0 Å².